The lowest BCUT2D eigenvalue weighted by Gasteiger charge is -2.23. The number of benzene rings is 2. The summed E-state index contributed by atoms with van der Waals surface area (Å²) in [5.41, 5.74) is 2.18. The lowest BCUT2D eigenvalue weighted by Crippen LogP contribution is -2.30. The van der Waals surface area contributed by atoms with Crippen molar-refractivity contribution in [1.82, 2.24) is 5.32 Å². The van der Waals surface area contributed by atoms with E-state index in [1.54, 1.807) is 7.11 Å². The Hall–Kier alpha value is -1.71. The van der Waals surface area contributed by atoms with Crippen molar-refractivity contribution < 1.29 is 9.47 Å². The molecule has 2 aromatic rings. The highest BCUT2D eigenvalue weighted by molar-refractivity contribution is 6.31. The molecule has 0 heterocycles. The zero-order valence-electron chi connectivity index (χ0n) is 14.8. The van der Waals surface area contributed by atoms with E-state index < -0.39 is 0 Å². The van der Waals surface area contributed by atoms with E-state index in [2.05, 4.69) is 17.4 Å². The van der Waals surface area contributed by atoms with Crippen LogP contribution in [0.25, 0.3) is 0 Å². The third-order valence-corrected chi connectivity index (χ3v) is 5.14. The maximum absolute atomic E-state index is 6.18. The Labute approximate surface area is 155 Å². The predicted molar refractivity (Wildman–Crippen MR) is 102 cm³/mol. The molecule has 134 valence electrons. The summed E-state index contributed by atoms with van der Waals surface area (Å²) in [4.78, 5) is 0. The van der Waals surface area contributed by atoms with Crippen LogP contribution < -0.4 is 14.8 Å². The van der Waals surface area contributed by atoms with E-state index in [4.69, 9.17) is 21.1 Å². The van der Waals surface area contributed by atoms with Gasteiger partial charge in [0.15, 0.2) is 11.5 Å². The van der Waals surface area contributed by atoms with Gasteiger partial charge in [-0.2, -0.15) is 0 Å². The van der Waals surface area contributed by atoms with Crippen molar-refractivity contribution in [2.45, 2.75) is 51.3 Å². The molecule has 0 atom stereocenters. The van der Waals surface area contributed by atoms with Crippen LogP contribution in [-0.2, 0) is 13.2 Å². The van der Waals surface area contributed by atoms with Gasteiger partial charge in [-0.15, -0.1) is 0 Å². The summed E-state index contributed by atoms with van der Waals surface area (Å²) in [7, 11) is 1.68. The lowest BCUT2D eigenvalue weighted by molar-refractivity contribution is 0.284. The second-order valence-corrected chi connectivity index (χ2v) is 6.99. The Kier molecular flexibility index (Phi) is 6.60. The first-order chi connectivity index (χ1) is 12.3. The maximum atomic E-state index is 6.18. The zero-order chi connectivity index (χ0) is 17.5. The lowest BCUT2D eigenvalue weighted by atomic mass is 9.95. The predicted octanol–water partition coefficient (Wildman–Crippen LogP) is 5.35. The van der Waals surface area contributed by atoms with Gasteiger partial charge in [0, 0.05) is 23.2 Å². The highest BCUT2D eigenvalue weighted by Crippen LogP contribution is 2.30. The minimum atomic E-state index is 0.426. The summed E-state index contributed by atoms with van der Waals surface area (Å²) < 4.78 is 11.4. The largest absolute Gasteiger partial charge is 0.493 e. The average Bonchev–Trinajstić information content (AvgIpc) is 2.67. The van der Waals surface area contributed by atoms with Gasteiger partial charge in [-0.1, -0.05) is 55.1 Å². The molecule has 0 bridgehead atoms. The molecule has 0 radical (unpaired) electrons. The summed E-state index contributed by atoms with van der Waals surface area (Å²) in [6.45, 7) is 1.29. The van der Waals surface area contributed by atoms with Crippen LogP contribution in [0, 0.1) is 0 Å². The molecule has 0 unspecified atom stereocenters. The standard InChI is InChI=1S/C21H26ClNO2/c1-24-21-13-16(14-23-18-8-3-2-4-9-18)11-12-20(21)25-15-17-7-5-6-10-19(17)22/h5-7,10-13,18,23H,2-4,8-9,14-15H2,1H3. The van der Waals surface area contributed by atoms with E-state index >= 15 is 0 Å². The first-order valence-corrected chi connectivity index (χ1v) is 9.40. The van der Waals surface area contributed by atoms with Crippen LogP contribution in [0.2, 0.25) is 5.02 Å². The molecular formula is C21H26ClNO2. The second-order valence-electron chi connectivity index (χ2n) is 6.58. The van der Waals surface area contributed by atoms with E-state index in [1.807, 2.05) is 30.3 Å². The summed E-state index contributed by atoms with van der Waals surface area (Å²) in [6.07, 6.45) is 6.64. The Morgan fingerprint density at radius 1 is 1.04 bits per heavy atom. The molecule has 1 fully saturated rings. The number of nitrogens with one attached hydrogen (secondary N) is 1. The molecule has 25 heavy (non-hydrogen) atoms. The molecule has 1 aliphatic carbocycles. The maximum Gasteiger partial charge on any atom is 0.161 e. The van der Waals surface area contributed by atoms with Crippen LogP contribution in [0.3, 0.4) is 0 Å². The summed E-state index contributed by atoms with van der Waals surface area (Å²) in [5.74, 6) is 1.50. The van der Waals surface area contributed by atoms with Crippen LogP contribution in [0.1, 0.15) is 43.2 Å². The van der Waals surface area contributed by atoms with Gasteiger partial charge in [-0.3, -0.25) is 0 Å². The quantitative estimate of drug-likeness (QED) is 0.722. The van der Waals surface area contributed by atoms with Gasteiger partial charge in [0.1, 0.15) is 6.61 Å². The fourth-order valence-electron chi connectivity index (χ4n) is 3.28. The molecule has 2 aromatic carbocycles. The van der Waals surface area contributed by atoms with E-state index in [9.17, 15) is 0 Å². The van der Waals surface area contributed by atoms with E-state index in [1.165, 1.54) is 37.7 Å². The van der Waals surface area contributed by atoms with Crippen LogP contribution >= 0.6 is 11.6 Å². The topological polar surface area (TPSA) is 30.5 Å². The normalized spacial score (nSPS) is 15.1. The molecule has 0 amide bonds. The Morgan fingerprint density at radius 3 is 2.60 bits per heavy atom. The third-order valence-electron chi connectivity index (χ3n) is 4.77. The summed E-state index contributed by atoms with van der Waals surface area (Å²) in [5, 5.41) is 4.38. The highest BCUT2D eigenvalue weighted by Gasteiger charge is 2.13. The van der Waals surface area contributed by atoms with E-state index in [0.717, 1.165) is 28.6 Å². The Balaban J connectivity index is 1.60. The molecule has 0 spiro atoms. The minimum absolute atomic E-state index is 0.426. The van der Waals surface area contributed by atoms with E-state index in [-0.39, 0.29) is 0 Å². The Bertz CT molecular complexity index is 683. The minimum Gasteiger partial charge on any atom is -0.493 e. The second kappa shape index (κ2) is 9.12. The molecule has 4 heteroatoms. The number of hydrogen-bond acceptors (Lipinski definition) is 3. The van der Waals surface area contributed by atoms with Crippen molar-refractivity contribution in [3.8, 4) is 11.5 Å². The fourth-order valence-corrected chi connectivity index (χ4v) is 3.47. The average molecular weight is 360 g/mol. The SMILES string of the molecule is COc1cc(CNC2CCCCC2)ccc1OCc1ccccc1Cl. The molecule has 1 aliphatic rings. The van der Waals surface area contributed by atoms with Gasteiger partial charge in [-0.25, -0.2) is 0 Å². The number of rotatable bonds is 7. The summed E-state index contributed by atoms with van der Waals surface area (Å²) in [6, 6.07) is 14.5. The molecular weight excluding hydrogens is 334 g/mol. The van der Waals surface area contributed by atoms with Gasteiger partial charge < -0.3 is 14.8 Å². The molecule has 0 saturated heterocycles. The van der Waals surface area contributed by atoms with Crippen molar-refractivity contribution in [3.63, 3.8) is 0 Å². The monoisotopic (exact) mass is 359 g/mol. The molecule has 0 aliphatic heterocycles. The van der Waals surface area contributed by atoms with Crippen molar-refractivity contribution in [1.29, 1.82) is 0 Å². The van der Waals surface area contributed by atoms with Crippen LogP contribution in [0.5, 0.6) is 11.5 Å². The Morgan fingerprint density at radius 2 is 1.84 bits per heavy atom. The molecule has 1 N–H and O–H groups in total. The van der Waals surface area contributed by atoms with Crippen LogP contribution in [0.15, 0.2) is 42.5 Å². The number of methoxy groups -OCH3 is 1. The smallest absolute Gasteiger partial charge is 0.161 e. The van der Waals surface area contributed by atoms with E-state index in [0.29, 0.717) is 12.6 Å². The first-order valence-electron chi connectivity index (χ1n) is 9.03. The van der Waals surface area contributed by atoms with Gasteiger partial charge in [-0.05, 0) is 36.6 Å². The summed E-state index contributed by atoms with van der Waals surface area (Å²) >= 11 is 6.18. The van der Waals surface area contributed by atoms with Gasteiger partial charge in [0.25, 0.3) is 0 Å². The van der Waals surface area contributed by atoms with Crippen molar-refractivity contribution >= 4 is 11.6 Å². The zero-order valence-corrected chi connectivity index (χ0v) is 15.5. The molecule has 0 aromatic heterocycles. The third kappa shape index (κ3) is 5.13. The van der Waals surface area contributed by atoms with Crippen molar-refractivity contribution in [3.05, 3.63) is 58.6 Å². The molecule has 3 nitrogen and oxygen atoms in total. The number of hydrogen-bond donors (Lipinski definition) is 1. The van der Waals surface area contributed by atoms with Crippen LogP contribution in [-0.4, -0.2) is 13.2 Å². The van der Waals surface area contributed by atoms with Crippen LogP contribution in [0.4, 0.5) is 0 Å². The van der Waals surface area contributed by atoms with Crippen molar-refractivity contribution in [2.75, 3.05) is 7.11 Å². The van der Waals surface area contributed by atoms with Gasteiger partial charge in [0.2, 0.25) is 0 Å². The highest BCUT2D eigenvalue weighted by atomic mass is 35.5. The first kappa shape index (κ1) is 18.1. The van der Waals surface area contributed by atoms with Gasteiger partial charge in [0.05, 0.1) is 7.11 Å². The molecule has 1 saturated carbocycles. The van der Waals surface area contributed by atoms with Crippen molar-refractivity contribution in [2.24, 2.45) is 0 Å². The number of halogens is 1. The fraction of sp³-hybridized carbons (Fsp3) is 0.429. The van der Waals surface area contributed by atoms with Gasteiger partial charge >= 0.3 is 0 Å². The number of ether oxygens (including phenoxy) is 2. The molecule has 3 rings (SSSR count).